The summed E-state index contributed by atoms with van der Waals surface area (Å²) in [5.41, 5.74) is 1.73. The Morgan fingerprint density at radius 1 is 1.13 bits per heavy atom. The minimum atomic E-state index is -0.583. The summed E-state index contributed by atoms with van der Waals surface area (Å²) in [4.78, 5) is 24.7. The number of benzene rings is 2. The zero-order valence-corrected chi connectivity index (χ0v) is 18.4. The Labute approximate surface area is 184 Å². The highest BCUT2D eigenvalue weighted by Crippen LogP contribution is 2.22. The molecule has 0 unspecified atom stereocenters. The van der Waals surface area contributed by atoms with Gasteiger partial charge in [-0.15, -0.1) is 10.2 Å². The number of aromatic nitrogens is 3. The standard InChI is InChI=1S/C22H24FN5O2S/c1-4-28-20(15(3)24-21(30)16-10-6-7-11-17(16)23)26-27-22(28)31-13-19(29)25-18-12-8-5-9-14(18)2/h5-12,15H,4,13H2,1-3H3,(H,24,30)(H,25,29)/t15-/m1/s1. The van der Waals surface area contributed by atoms with Crippen LogP contribution in [0.25, 0.3) is 0 Å². The molecule has 0 aliphatic rings. The van der Waals surface area contributed by atoms with Gasteiger partial charge >= 0.3 is 0 Å². The molecule has 0 saturated carbocycles. The van der Waals surface area contributed by atoms with Crippen LogP contribution in [0.2, 0.25) is 0 Å². The third-order valence-electron chi connectivity index (χ3n) is 4.67. The summed E-state index contributed by atoms with van der Waals surface area (Å²) in [6, 6.07) is 12.9. The first-order chi connectivity index (χ1) is 14.9. The average molecular weight is 442 g/mol. The number of halogens is 1. The van der Waals surface area contributed by atoms with Gasteiger partial charge in [0, 0.05) is 12.2 Å². The lowest BCUT2D eigenvalue weighted by atomic mass is 10.2. The molecule has 0 aliphatic heterocycles. The SMILES string of the molecule is CCn1c(SCC(=O)Nc2ccccc2C)nnc1[C@@H](C)NC(=O)c1ccccc1F. The number of amides is 2. The van der Waals surface area contributed by atoms with Crippen LogP contribution in [-0.4, -0.2) is 32.3 Å². The summed E-state index contributed by atoms with van der Waals surface area (Å²) in [6.45, 7) is 6.17. The van der Waals surface area contributed by atoms with Crippen molar-refractivity contribution in [3.63, 3.8) is 0 Å². The molecule has 0 bridgehead atoms. The Morgan fingerprint density at radius 3 is 2.55 bits per heavy atom. The summed E-state index contributed by atoms with van der Waals surface area (Å²) in [5, 5.41) is 14.6. The molecule has 1 atom stereocenters. The van der Waals surface area contributed by atoms with Crippen LogP contribution in [0.1, 0.15) is 41.6 Å². The van der Waals surface area contributed by atoms with Gasteiger partial charge in [0.2, 0.25) is 5.91 Å². The van der Waals surface area contributed by atoms with Crippen molar-refractivity contribution in [1.82, 2.24) is 20.1 Å². The Hall–Kier alpha value is -3.20. The smallest absolute Gasteiger partial charge is 0.254 e. The Bertz CT molecular complexity index is 1090. The lowest BCUT2D eigenvalue weighted by Gasteiger charge is -2.15. The van der Waals surface area contributed by atoms with Crippen LogP contribution in [0.3, 0.4) is 0 Å². The molecule has 3 rings (SSSR count). The lowest BCUT2D eigenvalue weighted by molar-refractivity contribution is -0.113. The fourth-order valence-corrected chi connectivity index (χ4v) is 3.85. The Kier molecular flexibility index (Phi) is 7.41. The minimum Gasteiger partial charge on any atom is -0.342 e. The van der Waals surface area contributed by atoms with Gasteiger partial charge in [0.1, 0.15) is 5.82 Å². The van der Waals surface area contributed by atoms with Crippen LogP contribution in [0.5, 0.6) is 0 Å². The number of thioether (sulfide) groups is 1. The number of hydrogen-bond acceptors (Lipinski definition) is 5. The lowest BCUT2D eigenvalue weighted by Crippen LogP contribution is -2.29. The first-order valence-electron chi connectivity index (χ1n) is 9.87. The van der Waals surface area contributed by atoms with E-state index in [4.69, 9.17) is 0 Å². The normalized spacial score (nSPS) is 11.7. The van der Waals surface area contributed by atoms with Crippen LogP contribution in [0.4, 0.5) is 10.1 Å². The van der Waals surface area contributed by atoms with Gasteiger partial charge in [-0.3, -0.25) is 9.59 Å². The van der Waals surface area contributed by atoms with Gasteiger partial charge < -0.3 is 15.2 Å². The number of para-hydroxylation sites is 1. The first-order valence-corrected chi connectivity index (χ1v) is 10.9. The van der Waals surface area contributed by atoms with Gasteiger partial charge in [-0.05, 0) is 44.5 Å². The molecule has 0 aliphatic carbocycles. The van der Waals surface area contributed by atoms with Crippen LogP contribution < -0.4 is 10.6 Å². The van der Waals surface area contributed by atoms with Crippen molar-refractivity contribution in [3.8, 4) is 0 Å². The number of carbonyl (C=O) groups excluding carboxylic acids is 2. The number of anilines is 1. The van der Waals surface area contributed by atoms with Crippen molar-refractivity contribution >= 4 is 29.3 Å². The maximum absolute atomic E-state index is 13.9. The van der Waals surface area contributed by atoms with Gasteiger partial charge in [-0.1, -0.05) is 42.1 Å². The van der Waals surface area contributed by atoms with Crippen LogP contribution in [0, 0.1) is 12.7 Å². The van der Waals surface area contributed by atoms with Crippen molar-refractivity contribution in [3.05, 3.63) is 71.3 Å². The van der Waals surface area contributed by atoms with E-state index in [9.17, 15) is 14.0 Å². The predicted molar refractivity (Wildman–Crippen MR) is 119 cm³/mol. The molecule has 0 saturated heterocycles. The largest absolute Gasteiger partial charge is 0.342 e. The summed E-state index contributed by atoms with van der Waals surface area (Å²) in [6.07, 6.45) is 0. The van der Waals surface area contributed by atoms with E-state index in [0.29, 0.717) is 17.5 Å². The second-order valence-electron chi connectivity index (χ2n) is 6.91. The van der Waals surface area contributed by atoms with E-state index in [1.54, 1.807) is 13.0 Å². The van der Waals surface area contributed by atoms with Crippen LogP contribution in [-0.2, 0) is 11.3 Å². The van der Waals surface area contributed by atoms with E-state index in [-0.39, 0.29) is 17.2 Å². The highest BCUT2D eigenvalue weighted by Gasteiger charge is 2.21. The molecule has 3 aromatic rings. The van der Waals surface area contributed by atoms with Gasteiger partial charge in [0.05, 0.1) is 17.4 Å². The molecule has 1 heterocycles. The third kappa shape index (κ3) is 5.49. The minimum absolute atomic E-state index is 0.0283. The van der Waals surface area contributed by atoms with E-state index in [1.165, 1.54) is 30.0 Å². The zero-order chi connectivity index (χ0) is 22.4. The van der Waals surface area contributed by atoms with E-state index < -0.39 is 17.8 Å². The van der Waals surface area contributed by atoms with Crippen molar-refractivity contribution in [2.75, 3.05) is 11.1 Å². The molecule has 2 N–H and O–H groups in total. The second-order valence-corrected chi connectivity index (χ2v) is 7.85. The maximum atomic E-state index is 13.9. The fourth-order valence-electron chi connectivity index (χ4n) is 3.04. The number of aryl methyl sites for hydroxylation is 1. The van der Waals surface area contributed by atoms with E-state index >= 15 is 0 Å². The molecule has 2 amide bonds. The molecule has 2 aromatic carbocycles. The van der Waals surface area contributed by atoms with Crippen molar-refractivity contribution < 1.29 is 14.0 Å². The van der Waals surface area contributed by atoms with Crippen molar-refractivity contribution in [2.45, 2.75) is 38.5 Å². The number of hydrogen-bond donors (Lipinski definition) is 2. The van der Waals surface area contributed by atoms with Gasteiger partial charge in [-0.25, -0.2) is 4.39 Å². The summed E-state index contributed by atoms with van der Waals surface area (Å²) < 4.78 is 15.7. The van der Waals surface area contributed by atoms with E-state index in [1.807, 2.05) is 42.7 Å². The van der Waals surface area contributed by atoms with Crippen LogP contribution >= 0.6 is 11.8 Å². The molecule has 0 spiro atoms. The molecule has 9 heteroatoms. The van der Waals surface area contributed by atoms with E-state index in [2.05, 4.69) is 20.8 Å². The van der Waals surface area contributed by atoms with Gasteiger partial charge in [0.25, 0.3) is 5.91 Å². The monoisotopic (exact) mass is 441 g/mol. The highest BCUT2D eigenvalue weighted by atomic mass is 32.2. The van der Waals surface area contributed by atoms with Crippen molar-refractivity contribution in [1.29, 1.82) is 0 Å². The third-order valence-corrected chi connectivity index (χ3v) is 5.63. The van der Waals surface area contributed by atoms with Crippen LogP contribution in [0.15, 0.2) is 53.7 Å². The predicted octanol–water partition coefficient (Wildman–Crippen LogP) is 3.97. The molecule has 31 heavy (non-hydrogen) atoms. The first kappa shape index (κ1) is 22.5. The van der Waals surface area contributed by atoms with Gasteiger partial charge in [0.15, 0.2) is 11.0 Å². The topological polar surface area (TPSA) is 88.9 Å². The molecule has 7 nitrogen and oxygen atoms in total. The summed E-state index contributed by atoms with van der Waals surface area (Å²) in [7, 11) is 0. The molecular formula is C22H24FN5O2S. The maximum Gasteiger partial charge on any atom is 0.254 e. The highest BCUT2D eigenvalue weighted by molar-refractivity contribution is 7.99. The molecular weight excluding hydrogens is 417 g/mol. The fraction of sp³-hybridized carbons (Fsp3) is 0.273. The average Bonchev–Trinajstić information content (AvgIpc) is 3.17. The zero-order valence-electron chi connectivity index (χ0n) is 17.6. The molecule has 0 radical (unpaired) electrons. The van der Waals surface area contributed by atoms with Crippen molar-refractivity contribution in [2.24, 2.45) is 0 Å². The Morgan fingerprint density at radius 2 is 1.84 bits per heavy atom. The van der Waals surface area contributed by atoms with E-state index in [0.717, 1.165) is 11.3 Å². The summed E-state index contributed by atoms with van der Waals surface area (Å²) in [5.74, 6) is -0.549. The second kappa shape index (κ2) is 10.2. The number of rotatable bonds is 8. The molecule has 0 fully saturated rings. The summed E-state index contributed by atoms with van der Waals surface area (Å²) >= 11 is 1.27. The number of nitrogens with zero attached hydrogens (tertiary/aromatic N) is 3. The Balaban J connectivity index is 1.64. The quantitative estimate of drug-likeness (QED) is 0.517. The van der Waals surface area contributed by atoms with Gasteiger partial charge in [-0.2, -0.15) is 0 Å². The number of nitrogens with one attached hydrogen (secondary N) is 2. The molecule has 1 aromatic heterocycles. The number of carbonyl (C=O) groups is 2. The molecule has 162 valence electrons.